The monoisotopic (exact) mass is 607 g/mol. The third kappa shape index (κ3) is 5.95. The highest BCUT2D eigenvalue weighted by Crippen LogP contribution is 2.39. The average Bonchev–Trinajstić information content (AvgIpc) is 3.23. The highest BCUT2D eigenvalue weighted by Gasteiger charge is 2.15. The molecule has 0 heterocycles. The van der Waals surface area contributed by atoms with Gasteiger partial charge in [-0.25, -0.2) is 0 Å². The van der Waals surface area contributed by atoms with Gasteiger partial charge in [0.15, 0.2) is 0 Å². The van der Waals surface area contributed by atoms with Crippen LogP contribution in [0.15, 0.2) is 200 Å². The Kier molecular flexibility index (Phi) is 5.60. The molecule has 0 unspecified atom stereocenters. The van der Waals surface area contributed by atoms with Crippen molar-refractivity contribution in [3.8, 4) is 44.5 Å². The number of fused-ring (bicyclic) bond motifs is 1. The molecule has 8 aromatic carbocycles. The molecule has 8 rings (SSSR count). The van der Waals surface area contributed by atoms with E-state index in [0.717, 1.165) is 33.0 Å². The zero-order valence-electron chi connectivity index (χ0n) is 33.4. The van der Waals surface area contributed by atoms with Crippen LogP contribution in [0.5, 0.6) is 0 Å². The van der Waals surface area contributed by atoms with Crippen LogP contribution >= 0.6 is 0 Å². The lowest BCUT2D eigenvalue weighted by atomic mass is 9.99. The Bertz CT molecular complexity index is 2690. The second-order valence-corrected chi connectivity index (χ2v) is 11.2. The SMILES string of the molecule is [2H]c1c([2H])c(-c2ccc3ccccc3c2)c([2H])c(N(c2ccc(-c3ccccc3)cc2)c2c([2H])c([2H])c(-c3ccc(-c4ccccc4)cc3)c([2H])c2[2H])c1[2H]. The molecule has 0 aromatic heterocycles. The van der Waals surface area contributed by atoms with Crippen molar-refractivity contribution in [3.05, 3.63) is 200 Å². The van der Waals surface area contributed by atoms with Gasteiger partial charge >= 0.3 is 0 Å². The molecule has 0 bridgehead atoms. The predicted octanol–water partition coefficient (Wildman–Crippen LogP) is 13.0. The van der Waals surface area contributed by atoms with Gasteiger partial charge in [0.25, 0.3) is 0 Å². The minimum Gasteiger partial charge on any atom is -0.310 e. The summed E-state index contributed by atoms with van der Waals surface area (Å²) in [5.41, 5.74) is 5.12. The quantitative estimate of drug-likeness (QED) is 0.174. The maximum atomic E-state index is 9.61. The maximum Gasteiger partial charge on any atom is 0.0651 e. The van der Waals surface area contributed by atoms with Gasteiger partial charge in [0.1, 0.15) is 0 Å². The lowest BCUT2D eigenvalue weighted by Crippen LogP contribution is -2.10. The topological polar surface area (TPSA) is 3.24 Å². The Morgan fingerprint density at radius 1 is 0.319 bits per heavy atom. The molecule has 1 heteroatoms. The molecule has 0 N–H and O–H groups in total. The summed E-state index contributed by atoms with van der Waals surface area (Å²) in [6.45, 7) is 0. The summed E-state index contributed by atoms with van der Waals surface area (Å²) < 4.78 is 74.1. The summed E-state index contributed by atoms with van der Waals surface area (Å²) in [5.74, 6) is 0. The van der Waals surface area contributed by atoms with E-state index in [4.69, 9.17) is 2.74 Å². The molecule has 0 spiro atoms. The first-order valence-corrected chi connectivity index (χ1v) is 15.5. The molecule has 1 nitrogen and oxygen atoms in total. The van der Waals surface area contributed by atoms with Crippen molar-refractivity contribution >= 4 is 27.8 Å². The van der Waals surface area contributed by atoms with Crippen LogP contribution in [0.1, 0.15) is 11.0 Å². The highest BCUT2D eigenvalue weighted by atomic mass is 15.1. The summed E-state index contributed by atoms with van der Waals surface area (Å²) >= 11 is 0. The molecule has 222 valence electrons. The first-order valence-electron chi connectivity index (χ1n) is 19.5. The third-order valence-electron chi connectivity index (χ3n) is 8.22. The molecule has 8 aromatic rings. The lowest BCUT2D eigenvalue weighted by molar-refractivity contribution is 1.28. The van der Waals surface area contributed by atoms with Crippen LogP contribution in [-0.2, 0) is 0 Å². The number of benzene rings is 8. The number of hydrogen-bond acceptors (Lipinski definition) is 1. The predicted molar refractivity (Wildman–Crippen MR) is 200 cm³/mol. The number of anilines is 3. The van der Waals surface area contributed by atoms with E-state index < -0.39 is 12.1 Å². The van der Waals surface area contributed by atoms with E-state index in [-0.39, 0.29) is 58.8 Å². The van der Waals surface area contributed by atoms with Crippen molar-refractivity contribution < 1.29 is 11.0 Å². The summed E-state index contributed by atoms with van der Waals surface area (Å²) in [6, 6.07) is 44.6. The zero-order valence-corrected chi connectivity index (χ0v) is 25.4. The Hall–Kier alpha value is -6.18. The maximum absolute atomic E-state index is 9.61. The van der Waals surface area contributed by atoms with Gasteiger partial charge in [-0.3, -0.25) is 0 Å². The van der Waals surface area contributed by atoms with Gasteiger partial charge in [-0.15, -0.1) is 0 Å². The first kappa shape index (κ1) is 20.8. The molecule has 0 aliphatic rings. The van der Waals surface area contributed by atoms with E-state index in [1.807, 2.05) is 121 Å². The lowest BCUT2D eigenvalue weighted by Gasteiger charge is -2.26. The molecule has 0 aliphatic carbocycles. The fourth-order valence-electron chi connectivity index (χ4n) is 5.76. The molecule has 0 atom stereocenters. The largest absolute Gasteiger partial charge is 0.310 e. The van der Waals surface area contributed by atoms with Crippen LogP contribution in [0.4, 0.5) is 17.1 Å². The smallest absolute Gasteiger partial charge is 0.0651 e. The Morgan fingerprint density at radius 2 is 0.830 bits per heavy atom. The van der Waals surface area contributed by atoms with Crippen LogP contribution in [0, 0.1) is 0 Å². The Balaban J connectivity index is 1.35. The van der Waals surface area contributed by atoms with Crippen molar-refractivity contribution in [1.29, 1.82) is 0 Å². The minimum atomic E-state index is -0.441. The van der Waals surface area contributed by atoms with Crippen molar-refractivity contribution in [3.63, 3.8) is 0 Å². The average molecular weight is 608 g/mol. The number of rotatable bonds is 7. The van der Waals surface area contributed by atoms with Crippen molar-refractivity contribution in [1.82, 2.24) is 0 Å². The van der Waals surface area contributed by atoms with Crippen molar-refractivity contribution in [2.75, 3.05) is 4.90 Å². The fourth-order valence-corrected chi connectivity index (χ4v) is 5.76. The Labute approximate surface area is 287 Å². The standard InChI is InChI=1S/C46H33N/c1-3-10-34(11-4-1)37-18-20-38(21-19-37)40-26-30-45(31-27-40)47(44-28-24-39(25-29-44)35-12-5-2-6-13-35)46-17-9-16-42(33-46)43-23-22-36-14-7-8-15-41(36)32-43/h1-33H/i9D,16D,17D,26D,27D,30D,31D,33D. The van der Waals surface area contributed by atoms with E-state index in [0.29, 0.717) is 16.8 Å². The molecule has 0 radical (unpaired) electrons. The molecule has 0 saturated carbocycles. The normalized spacial score (nSPS) is 13.4. The third-order valence-corrected chi connectivity index (χ3v) is 8.22. The fraction of sp³-hybridized carbons (Fsp3) is 0. The molecular formula is C46H33N. The molecule has 0 fully saturated rings. The van der Waals surface area contributed by atoms with Gasteiger partial charge in [-0.05, 0) is 97.6 Å². The summed E-state index contributed by atoms with van der Waals surface area (Å²) in [6.07, 6.45) is 0. The number of hydrogen-bond donors (Lipinski definition) is 0. The van der Waals surface area contributed by atoms with E-state index >= 15 is 0 Å². The van der Waals surface area contributed by atoms with Crippen LogP contribution in [0.2, 0.25) is 0 Å². The second kappa shape index (κ2) is 12.7. The second-order valence-electron chi connectivity index (χ2n) is 11.2. The van der Waals surface area contributed by atoms with Crippen LogP contribution in [-0.4, -0.2) is 0 Å². The molecule has 0 saturated heterocycles. The molecule has 0 amide bonds. The van der Waals surface area contributed by atoms with E-state index in [1.165, 1.54) is 4.90 Å². The van der Waals surface area contributed by atoms with Crippen molar-refractivity contribution in [2.24, 2.45) is 0 Å². The van der Waals surface area contributed by atoms with Gasteiger partial charge < -0.3 is 4.90 Å². The zero-order chi connectivity index (χ0) is 38.4. The van der Waals surface area contributed by atoms with E-state index in [1.54, 1.807) is 30.3 Å². The van der Waals surface area contributed by atoms with Crippen LogP contribution < -0.4 is 4.90 Å². The minimum absolute atomic E-state index is 0.120. The summed E-state index contributed by atoms with van der Waals surface area (Å²) in [4.78, 5) is 1.38. The molecule has 0 aliphatic heterocycles. The van der Waals surface area contributed by atoms with Crippen LogP contribution in [0.3, 0.4) is 0 Å². The number of nitrogens with zero attached hydrogens (tertiary/aromatic N) is 1. The summed E-state index contributed by atoms with van der Waals surface area (Å²) in [7, 11) is 0. The summed E-state index contributed by atoms with van der Waals surface area (Å²) in [5, 5.41) is 1.84. The van der Waals surface area contributed by atoms with Gasteiger partial charge in [0.2, 0.25) is 0 Å². The molecular weight excluding hydrogens is 567 g/mol. The van der Waals surface area contributed by atoms with Gasteiger partial charge in [-0.1, -0.05) is 158 Å². The van der Waals surface area contributed by atoms with Gasteiger partial charge in [-0.2, -0.15) is 0 Å². The Morgan fingerprint density at radius 3 is 1.47 bits per heavy atom. The van der Waals surface area contributed by atoms with E-state index in [2.05, 4.69) is 0 Å². The highest BCUT2D eigenvalue weighted by molar-refractivity contribution is 5.89. The van der Waals surface area contributed by atoms with Gasteiger partial charge in [0, 0.05) is 17.1 Å². The van der Waals surface area contributed by atoms with Gasteiger partial charge in [0.05, 0.1) is 11.0 Å². The first-order chi connectivity index (χ1) is 26.6. The van der Waals surface area contributed by atoms with E-state index in [9.17, 15) is 8.22 Å². The van der Waals surface area contributed by atoms with Crippen LogP contribution in [0.25, 0.3) is 55.3 Å². The molecule has 47 heavy (non-hydrogen) atoms. The van der Waals surface area contributed by atoms with Crippen molar-refractivity contribution in [2.45, 2.75) is 0 Å².